The van der Waals surface area contributed by atoms with E-state index in [4.69, 9.17) is 17.3 Å². The van der Waals surface area contributed by atoms with Crippen LogP contribution in [-0.4, -0.2) is 13.6 Å². The summed E-state index contributed by atoms with van der Waals surface area (Å²) in [7, 11) is 1.94. The molecule has 0 amide bonds. The summed E-state index contributed by atoms with van der Waals surface area (Å²) < 4.78 is 0. The van der Waals surface area contributed by atoms with E-state index in [1.54, 1.807) is 0 Å². The largest absolute Gasteiger partial charge is 0.330 e. The molecule has 0 aliphatic carbocycles. The van der Waals surface area contributed by atoms with Gasteiger partial charge < -0.3 is 11.1 Å². The maximum absolute atomic E-state index is 5.79. The molecule has 0 bridgehead atoms. The Labute approximate surface area is 84.1 Å². The van der Waals surface area contributed by atoms with E-state index in [0.29, 0.717) is 12.6 Å². The zero-order valence-corrected chi connectivity index (χ0v) is 8.51. The first kappa shape index (κ1) is 10.5. The molecule has 3 heteroatoms. The normalized spacial score (nSPS) is 12.8. The summed E-state index contributed by atoms with van der Waals surface area (Å²) in [5.74, 6) is 0. The second-order valence-electron chi connectivity index (χ2n) is 2.97. The van der Waals surface area contributed by atoms with Gasteiger partial charge >= 0.3 is 0 Å². The van der Waals surface area contributed by atoms with E-state index >= 15 is 0 Å². The molecule has 72 valence electrons. The minimum absolute atomic E-state index is 0.335. The van der Waals surface area contributed by atoms with Crippen LogP contribution in [-0.2, 0) is 0 Å². The smallest absolute Gasteiger partial charge is 0.0406 e. The number of nitrogens with two attached hydrogens (primary N) is 1. The Balaban J connectivity index is 2.73. The van der Waals surface area contributed by atoms with Crippen molar-refractivity contribution in [2.75, 3.05) is 13.6 Å². The molecule has 0 aliphatic rings. The van der Waals surface area contributed by atoms with Gasteiger partial charge in [0.1, 0.15) is 0 Å². The second kappa shape index (κ2) is 5.22. The van der Waals surface area contributed by atoms with Crippen molar-refractivity contribution in [3.8, 4) is 0 Å². The highest BCUT2D eigenvalue weighted by Gasteiger charge is 2.06. The lowest BCUT2D eigenvalue weighted by Crippen LogP contribution is -2.19. The van der Waals surface area contributed by atoms with Crippen molar-refractivity contribution in [3.63, 3.8) is 0 Å². The maximum atomic E-state index is 5.79. The zero-order valence-electron chi connectivity index (χ0n) is 7.76. The molecular formula is C10H15ClN2. The van der Waals surface area contributed by atoms with E-state index in [1.165, 1.54) is 5.56 Å². The summed E-state index contributed by atoms with van der Waals surface area (Å²) in [5.41, 5.74) is 6.74. The fraction of sp³-hybridized carbons (Fsp3) is 0.400. The summed E-state index contributed by atoms with van der Waals surface area (Å²) in [6.45, 7) is 0.689. The molecule has 0 spiro atoms. The first-order valence-electron chi connectivity index (χ1n) is 4.40. The van der Waals surface area contributed by atoms with Crippen LogP contribution in [0.5, 0.6) is 0 Å². The van der Waals surface area contributed by atoms with Gasteiger partial charge in [0, 0.05) is 11.1 Å². The molecule has 2 nitrogen and oxygen atoms in total. The average molecular weight is 199 g/mol. The Kier molecular flexibility index (Phi) is 4.22. The molecule has 0 aliphatic heterocycles. The predicted molar refractivity (Wildman–Crippen MR) is 56.9 cm³/mol. The number of hydrogen-bond donors (Lipinski definition) is 2. The average Bonchev–Trinajstić information content (AvgIpc) is 2.16. The van der Waals surface area contributed by atoms with Crippen molar-refractivity contribution in [3.05, 3.63) is 34.9 Å². The number of hydrogen-bond acceptors (Lipinski definition) is 2. The SMILES string of the molecule is CNC(CCN)c1ccc(Cl)cc1. The van der Waals surface area contributed by atoms with Gasteiger partial charge in [-0.1, -0.05) is 23.7 Å². The second-order valence-corrected chi connectivity index (χ2v) is 3.41. The van der Waals surface area contributed by atoms with Crippen molar-refractivity contribution in [2.45, 2.75) is 12.5 Å². The number of nitrogens with one attached hydrogen (secondary N) is 1. The van der Waals surface area contributed by atoms with Crippen LogP contribution in [0.25, 0.3) is 0 Å². The molecule has 1 rings (SSSR count). The van der Waals surface area contributed by atoms with E-state index in [1.807, 2.05) is 31.3 Å². The quantitative estimate of drug-likeness (QED) is 0.776. The summed E-state index contributed by atoms with van der Waals surface area (Å²) >= 11 is 5.79. The van der Waals surface area contributed by atoms with Crippen molar-refractivity contribution in [2.24, 2.45) is 5.73 Å². The Hall–Kier alpha value is -0.570. The monoisotopic (exact) mass is 198 g/mol. The van der Waals surface area contributed by atoms with Crippen LogP contribution >= 0.6 is 11.6 Å². The van der Waals surface area contributed by atoms with Crippen molar-refractivity contribution >= 4 is 11.6 Å². The minimum atomic E-state index is 0.335. The maximum Gasteiger partial charge on any atom is 0.0406 e. The third-order valence-electron chi connectivity index (χ3n) is 2.08. The number of benzene rings is 1. The number of rotatable bonds is 4. The molecular weight excluding hydrogens is 184 g/mol. The van der Waals surface area contributed by atoms with Crippen LogP contribution in [0.15, 0.2) is 24.3 Å². The molecule has 0 saturated carbocycles. The zero-order chi connectivity index (χ0) is 9.68. The van der Waals surface area contributed by atoms with Gasteiger partial charge in [0.2, 0.25) is 0 Å². The summed E-state index contributed by atoms with van der Waals surface area (Å²) in [5, 5.41) is 3.99. The van der Waals surface area contributed by atoms with Gasteiger partial charge in [0.25, 0.3) is 0 Å². The highest BCUT2D eigenvalue weighted by Crippen LogP contribution is 2.18. The molecule has 13 heavy (non-hydrogen) atoms. The summed E-state index contributed by atoms with van der Waals surface area (Å²) in [4.78, 5) is 0. The van der Waals surface area contributed by atoms with Crippen LogP contribution in [0.3, 0.4) is 0 Å². The van der Waals surface area contributed by atoms with Gasteiger partial charge in [-0.2, -0.15) is 0 Å². The molecule has 1 aromatic rings. The lowest BCUT2D eigenvalue weighted by atomic mass is 10.0. The van der Waals surface area contributed by atoms with Crippen molar-refractivity contribution in [1.82, 2.24) is 5.32 Å². The Morgan fingerprint density at radius 3 is 2.46 bits per heavy atom. The van der Waals surface area contributed by atoms with Crippen molar-refractivity contribution < 1.29 is 0 Å². The van der Waals surface area contributed by atoms with E-state index in [0.717, 1.165) is 11.4 Å². The summed E-state index contributed by atoms with van der Waals surface area (Å²) in [6, 6.07) is 8.19. The van der Waals surface area contributed by atoms with Crippen LogP contribution in [0.4, 0.5) is 0 Å². The topological polar surface area (TPSA) is 38.0 Å². The van der Waals surface area contributed by atoms with Crippen LogP contribution < -0.4 is 11.1 Å². The fourth-order valence-electron chi connectivity index (χ4n) is 1.34. The highest BCUT2D eigenvalue weighted by molar-refractivity contribution is 6.30. The third kappa shape index (κ3) is 2.99. The Morgan fingerprint density at radius 1 is 1.38 bits per heavy atom. The van der Waals surface area contributed by atoms with E-state index in [-0.39, 0.29) is 0 Å². The molecule has 0 aromatic heterocycles. The Bertz CT molecular complexity index is 246. The first-order chi connectivity index (χ1) is 6.27. The van der Waals surface area contributed by atoms with Gasteiger partial charge in [-0.05, 0) is 37.7 Å². The van der Waals surface area contributed by atoms with Crippen molar-refractivity contribution in [1.29, 1.82) is 0 Å². The Morgan fingerprint density at radius 2 is 2.00 bits per heavy atom. The summed E-state index contributed by atoms with van der Waals surface area (Å²) in [6.07, 6.45) is 0.943. The fourth-order valence-corrected chi connectivity index (χ4v) is 1.47. The van der Waals surface area contributed by atoms with Crippen LogP contribution in [0.2, 0.25) is 5.02 Å². The molecule has 0 radical (unpaired) electrons. The third-order valence-corrected chi connectivity index (χ3v) is 2.33. The molecule has 1 atom stereocenters. The number of halogens is 1. The predicted octanol–water partition coefficient (Wildman–Crippen LogP) is 1.95. The molecule has 0 saturated heterocycles. The van der Waals surface area contributed by atoms with E-state index in [2.05, 4.69) is 5.32 Å². The van der Waals surface area contributed by atoms with E-state index < -0.39 is 0 Å². The molecule has 1 unspecified atom stereocenters. The van der Waals surface area contributed by atoms with Gasteiger partial charge in [0.05, 0.1) is 0 Å². The standard InChI is InChI=1S/C10H15ClN2/c1-13-10(6-7-12)8-2-4-9(11)5-3-8/h2-5,10,13H,6-7,12H2,1H3. The molecule has 1 aromatic carbocycles. The highest BCUT2D eigenvalue weighted by atomic mass is 35.5. The lowest BCUT2D eigenvalue weighted by molar-refractivity contribution is 0.556. The van der Waals surface area contributed by atoms with Crippen LogP contribution in [0, 0.1) is 0 Å². The molecule has 3 N–H and O–H groups in total. The lowest BCUT2D eigenvalue weighted by Gasteiger charge is -2.15. The van der Waals surface area contributed by atoms with Crippen LogP contribution in [0.1, 0.15) is 18.0 Å². The molecule has 0 fully saturated rings. The van der Waals surface area contributed by atoms with Gasteiger partial charge in [0.15, 0.2) is 0 Å². The van der Waals surface area contributed by atoms with Gasteiger partial charge in [-0.25, -0.2) is 0 Å². The molecule has 0 heterocycles. The van der Waals surface area contributed by atoms with Gasteiger partial charge in [-0.15, -0.1) is 0 Å². The minimum Gasteiger partial charge on any atom is -0.330 e. The van der Waals surface area contributed by atoms with E-state index in [9.17, 15) is 0 Å². The first-order valence-corrected chi connectivity index (χ1v) is 4.78. The van der Waals surface area contributed by atoms with Gasteiger partial charge in [-0.3, -0.25) is 0 Å².